The number of methoxy groups -OCH3 is 1. The second-order valence-corrected chi connectivity index (χ2v) is 6.16. The van der Waals surface area contributed by atoms with E-state index in [1.54, 1.807) is 7.11 Å². The van der Waals surface area contributed by atoms with Gasteiger partial charge in [0.2, 0.25) is 0 Å². The minimum absolute atomic E-state index is 0.00956. The van der Waals surface area contributed by atoms with Crippen molar-refractivity contribution in [3.8, 4) is 0 Å². The monoisotopic (exact) mass is 288 g/mol. The molecule has 2 unspecified atom stereocenters. The Morgan fingerprint density at radius 2 is 1.86 bits per heavy atom. The summed E-state index contributed by atoms with van der Waals surface area (Å²) in [5, 5.41) is 0. The molecule has 0 amide bonds. The number of rotatable bonds is 6. The number of carbonyl (C=O) groups is 1. The van der Waals surface area contributed by atoms with Crippen LogP contribution in [-0.2, 0) is 27.5 Å². The van der Waals surface area contributed by atoms with Gasteiger partial charge in [0.05, 0.1) is 12.5 Å². The Morgan fingerprint density at radius 3 is 2.43 bits per heavy atom. The van der Waals surface area contributed by atoms with Crippen LogP contribution in [0.25, 0.3) is 0 Å². The molecule has 0 aromatic heterocycles. The zero-order valence-electron chi connectivity index (χ0n) is 13.3. The Labute approximate surface area is 127 Å². The van der Waals surface area contributed by atoms with Gasteiger partial charge in [-0.3, -0.25) is 4.79 Å². The van der Waals surface area contributed by atoms with E-state index in [2.05, 4.69) is 19.9 Å². The summed E-state index contributed by atoms with van der Waals surface area (Å²) >= 11 is 0. The lowest BCUT2D eigenvalue weighted by molar-refractivity contribution is -0.147. The lowest BCUT2D eigenvalue weighted by Crippen LogP contribution is -2.11. The van der Waals surface area contributed by atoms with Crippen LogP contribution < -0.4 is 0 Å². The van der Waals surface area contributed by atoms with Crippen molar-refractivity contribution >= 4 is 5.97 Å². The summed E-state index contributed by atoms with van der Waals surface area (Å²) in [5.41, 5.74) is 2.08. The first-order chi connectivity index (χ1) is 10.0. The van der Waals surface area contributed by atoms with E-state index < -0.39 is 0 Å². The second kappa shape index (κ2) is 6.44. The van der Waals surface area contributed by atoms with Gasteiger partial charge in [-0.15, -0.1) is 0 Å². The van der Waals surface area contributed by atoms with Crippen LogP contribution in [0.5, 0.6) is 0 Å². The van der Waals surface area contributed by atoms with E-state index in [0.29, 0.717) is 19.1 Å². The fraction of sp³-hybridized carbons (Fsp3) is 0.500. The first-order valence-corrected chi connectivity index (χ1v) is 7.37. The zero-order chi connectivity index (χ0) is 15.5. The van der Waals surface area contributed by atoms with E-state index in [9.17, 15) is 4.79 Å². The number of carbonyl (C=O) groups excluding carboxylic acids is 1. The van der Waals surface area contributed by atoms with Crippen LogP contribution in [0.3, 0.4) is 0 Å². The molecule has 2 rings (SSSR count). The molecule has 3 heteroatoms. The molecule has 1 aromatic carbocycles. The fourth-order valence-electron chi connectivity index (χ4n) is 2.93. The highest BCUT2D eigenvalue weighted by atomic mass is 16.5. The Hall–Kier alpha value is -1.61. The van der Waals surface area contributed by atoms with Crippen LogP contribution in [0.15, 0.2) is 36.4 Å². The lowest BCUT2D eigenvalue weighted by Gasteiger charge is -2.10. The molecule has 21 heavy (non-hydrogen) atoms. The molecule has 0 spiro atoms. The zero-order valence-corrected chi connectivity index (χ0v) is 13.3. The summed E-state index contributed by atoms with van der Waals surface area (Å²) in [6, 6.07) is 7.89. The molecular formula is C18H24O3. The highest BCUT2D eigenvalue weighted by Crippen LogP contribution is 2.59. The number of hydrogen-bond donors (Lipinski definition) is 0. The van der Waals surface area contributed by atoms with E-state index in [1.165, 1.54) is 0 Å². The standard InChI is InChI=1S/C18H24O3/c1-5-8-15-16(18(15,2)3)17(19)21-12-14-10-7-6-9-13(14)11-20-4/h5-10,15-16H,11-12H2,1-4H3/b8-5-. The van der Waals surface area contributed by atoms with Crippen LogP contribution in [0.4, 0.5) is 0 Å². The Kier molecular flexibility index (Phi) is 4.84. The number of esters is 1. The largest absolute Gasteiger partial charge is 0.461 e. The SMILES string of the molecule is C/C=C\C1C(C(=O)OCc2ccccc2COC)C1(C)C. The fourth-order valence-corrected chi connectivity index (χ4v) is 2.93. The molecule has 0 saturated heterocycles. The minimum Gasteiger partial charge on any atom is -0.461 e. The third-order valence-corrected chi connectivity index (χ3v) is 4.35. The third kappa shape index (κ3) is 3.35. The quantitative estimate of drug-likeness (QED) is 0.591. The van der Waals surface area contributed by atoms with Crippen molar-refractivity contribution in [1.82, 2.24) is 0 Å². The van der Waals surface area contributed by atoms with E-state index in [-0.39, 0.29) is 17.3 Å². The number of allylic oxidation sites excluding steroid dienone is 2. The van der Waals surface area contributed by atoms with E-state index in [1.807, 2.05) is 37.3 Å². The molecule has 0 aliphatic heterocycles. The summed E-state index contributed by atoms with van der Waals surface area (Å²) in [4.78, 5) is 12.3. The third-order valence-electron chi connectivity index (χ3n) is 4.35. The van der Waals surface area contributed by atoms with Crippen LogP contribution >= 0.6 is 0 Å². The molecule has 1 aliphatic rings. The van der Waals surface area contributed by atoms with Gasteiger partial charge in [0.1, 0.15) is 6.61 Å². The van der Waals surface area contributed by atoms with Crippen molar-refractivity contribution in [2.45, 2.75) is 34.0 Å². The maximum atomic E-state index is 12.3. The van der Waals surface area contributed by atoms with Gasteiger partial charge in [0, 0.05) is 7.11 Å². The molecule has 1 aliphatic carbocycles. The molecule has 2 atom stereocenters. The topological polar surface area (TPSA) is 35.5 Å². The summed E-state index contributed by atoms with van der Waals surface area (Å²) in [5.74, 6) is 0.169. The Bertz CT molecular complexity index is 531. The van der Waals surface area contributed by atoms with Crippen molar-refractivity contribution in [2.24, 2.45) is 17.3 Å². The molecule has 1 fully saturated rings. The smallest absolute Gasteiger partial charge is 0.310 e. The van der Waals surface area contributed by atoms with Gasteiger partial charge in [-0.1, -0.05) is 50.3 Å². The van der Waals surface area contributed by atoms with Crippen LogP contribution in [0, 0.1) is 17.3 Å². The highest BCUT2D eigenvalue weighted by molar-refractivity contribution is 5.78. The molecule has 114 valence electrons. The predicted octanol–water partition coefficient (Wildman–Crippen LogP) is 3.72. The molecule has 0 N–H and O–H groups in total. The van der Waals surface area contributed by atoms with E-state index in [4.69, 9.17) is 9.47 Å². The average molecular weight is 288 g/mol. The number of ether oxygens (including phenoxy) is 2. The maximum absolute atomic E-state index is 12.3. The molecule has 1 aromatic rings. The van der Waals surface area contributed by atoms with Gasteiger partial charge in [-0.05, 0) is 29.4 Å². The first kappa shape index (κ1) is 15.8. The summed E-state index contributed by atoms with van der Waals surface area (Å²) in [6.45, 7) is 7.06. The van der Waals surface area contributed by atoms with Gasteiger partial charge in [-0.2, -0.15) is 0 Å². The van der Waals surface area contributed by atoms with E-state index in [0.717, 1.165) is 11.1 Å². The first-order valence-electron chi connectivity index (χ1n) is 7.37. The second-order valence-electron chi connectivity index (χ2n) is 6.16. The minimum atomic E-state index is -0.102. The van der Waals surface area contributed by atoms with Crippen molar-refractivity contribution in [3.63, 3.8) is 0 Å². The van der Waals surface area contributed by atoms with Gasteiger partial charge in [0.25, 0.3) is 0 Å². The maximum Gasteiger partial charge on any atom is 0.310 e. The van der Waals surface area contributed by atoms with Crippen molar-refractivity contribution < 1.29 is 14.3 Å². The number of benzene rings is 1. The van der Waals surface area contributed by atoms with Crippen LogP contribution in [0.2, 0.25) is 0 Å². The summed E-state index contributed by atoms with van der Waals surface area (Å²) in [6.07, 6.45) is 4.11. The van der Waals surface area contributed by atoms with E-state index >= 15 is 0 Å². The van der Waals surface area contributed by atoms with Crippen molar-refractivity contribution in [1.29, 1.82) is 0 Å². The van der Waals surface area contributed by atoms with Gasteiger partial charge in [-0.25, -0.2) is 0 Å². The van der Waals surface area contributed by atoms with Crippen LogP contribution in [0.1, 0.15) is 31.9 Å². The lowest BCUT2D eigenvalue weighted by atomic mass is 10.1. The Balaban J connectivity index is 1.97. The molecule has 3 nitrogen and oxygen atoms in total. The normalized spacial score (nSPS) is 23.2. The molecular weight excluding hydrogens is 264 g/mol. The summed E-state index contributed by atoms with van der Waals surface area (Å²) in [7, 11) is 1.66. The van der Waals surface area contributed by atoms with Crippen molar-refractivity contribution in [3.05, 3.63) is 47.5 Å². The summed E-state index contributed by atoms with van der Waals surface area (Å²) < 4.78 is 10.7. The van der Waals surface area contributed by atoms with Gasteiger partial charge in [0.15, 0.2) is 0 Å². The van der Waals surface area contributed by atoms with Crippen molar-refractivity contribution in [2.75, 3.05) is 7.11 Å². The Morgan fingerprint density at radius 1 is 1.24 bits per heavy atom. The molecule has 0 bridgehead atoms. The molecule has 1 saturated carbocycles. The highest BCUT2D eigenvalue weighted by Gasteiger charge is 2.61. The average Bonchev–Trinajstić information content (AvgIpc) is 3.00. The molecule has 0 heterocycles. The van der Waals surface area contributed by atoms with Crippen LogP contribution in [-0.4, -0.2) is 13.1 Å². The predicted molar refractivity (Wildman–Crippen MR) is 82.5 cm³/mol. The number of hydrogen-bond acceptors (Lipinski definition) is 3. The molecule has 0 radical (unpaired) electrons. The van der Waals surface area contributed by atoms with Gasteiger partial charge >= 0.3 is 5.97 Å². The van der Waals surface area contributed by atoms with Gasteiger partial charge < -0.3 is 9.47 Å².